The molecule has 2 amide bonds. The van der Waals surface area contributed by atoms with Crippen molar-refractivity contribution in [2.75, 3.05) is 18.4 Å². The van der Waals surface area contributed by atoms with E-state index in [0.29, 0.717) is 18.3 Å². The van der Waals surface area contributed by atoms with Crippen LogP contribution in [0.25, 0.3) is 0 Å². The molecule has 1 aliphatic heterocycles. The van der Waals surface area contributed by atoms with Gasteiger partial charge in [0.1, 0.15) is 0 Å². The zero-order valence-corrected chi connectivity index (χ0v) is 12.9. The van der Waals surface area contributed by atoms with Crippen molar-refractivity contribution >= 4 is 17.8 Å². The predicted octanol–water partition coefficient (Wildman–Crippen LogP) is 0.781. The Morgan fingerprint density at radius 2 is 2.18 bits per heavy atom. The Hall–Kier alpha value is -2.02. The van der Waals surface area contributed by atoms with E-state index >= 15 is 0 Å². The zero-order chi connectivity index (χ0) is 15.9. The molecular formula is C15H23N5O2. The number of hydrogen-bond donors (Lipinski definition) is 2. The van der Waals surface area contributed by atoms with E-state index in [1.807, 2.05) is 6.92 Å². The van der Waals surface area contributed by atoms with Crippen molar-refractivity contribution in [2.45, 2.75) is 38.6 Å². The number of amides is 2. The molecule has 1 saturated heterocycles. The number of carbonyl (C=O) groups is 2. The maximum absolute atomic E-state index is 12.3. The summed E-state index contributed by atoms with van der Waals surface area (Å²) in [7, 11) is 0. The summed E-state index contributed by atoms with van der Waals surface area (Å²) in [4.78, 5) is 33.3. The molecule has 0 aliphatic carbocycles. The average Bonchev–Trinajstić information content (AvgIpc) is 2.53. The van der Waals surface area contributed by atoms with Gasteiger partial charge in [-0.25, -0.2) is 9.97 Å². The lowest BCUT2D eigenvalue weighted by Crippen LogP contribution is -2.47. The van der Waals surface area contributed by atoms with Crippen LogP contribution < -0.4 is 11.1 Å². The molecule has 2 unspecified atom stereocenters. The lowest BCUT2D eigenvalue weighted by molar-refractivity contribution is -0.122. The maximum Gasteiger partial charge on any atom is 0.243 e. The number of nitrogens with two attached hydrogens (primary N) is 1. The predicted molar refractivity (Wildman–Crippen MR) is 82.8 cm³/mol. The third-order valence-corrected chi connectivity index (χ3v) is 4.08. The molecule has 0 radical (unpaired) electrons. The van der Waals surface area contributed by atoms with E-state index in [1.54, 1.807) is 18.5 Å². The second kappa shape index (κ2) is 7.84. The molecule has 0 aromatic carbocycles. The van der Waals surface area contributed by atoms with E-state index in [2.05, 4.69) is 20.2 Å². The summed E-state index contributed by atoms with van der Waals surface area (Å²) in [5, 5.41) is 2.73. The number of hydrogen-bond acceptors (Lipinski definition) is 5. The maximum atomic E-state index is 12.3. The van der Waals surface area contributed by atoms with Crippen molar-refractivity contribution in [1.82, 2.24) is 14.9 Å². The van der Waals surface area contributed by atoms with Crippen LogP contribution in [0.15, 0.2) is 18.5 Å². The number of rotatable bonds is 6. The molecule has 3 N–H and O–H groups in total. The highest BCUT2D eigenvalue weighted by Crippen LogP contribution is 2.22. The molecular weight excluding hydrogens is 282 g/mol. The van der Waals surface area contributed by atoms with Crippen LogP contribution in [0.2, 0.25) is 0 Å². The quantitative estimate of drug-likeness (QED) is 0.809. The fraction of sp³-hybridized carbons (Fsp3) is 0.600. The van der Waals surface area contributed by atoms with Gasteiger partial charge in [0.15, 0.2) is 0 Å². The third-order valence-electron chi connectivity index (χ3n) is 4.08. The zero-order valence-electron chi connectivity index (χ0n) is 12.9. The first-order chi connectivity index (χ1) is 10.6. The summed E-state index contributed by atoms with van der Waals surface area (Å²) in [6, 6.07) is 1.45. The Morgan fingerprint density at radius 3 is 2.86 bits per heavy atom. The second-order valence-corrected chi connectivity index (χ2v) is 5.75. The number of aromatic nitrogens is 2. The Kier molecular flexibility index (Phi) is 5.83. The topological polar surface area (TPSA) is 101 Å². The SMILES string of the molecule is CC(C(=O)Nc1ncccn1)N1CCCC(CCC(N)=O)C1. The number of primary amides is 1. The first-order valence-electron chi connectivity index (χ1n) is 7.66. The molecule has 2 atom stereocenters. The molecule has 0 spiro atoms. The van der Waals surface area contributed by atoms with Crippen LogP contribution in [-0.2, 0) is 9.59 Å². The van der Waals surface area contributed by atoms with Crippen molar-refractivity contribution in [3.8, 4) is 0 Å². The lowest BCUT2D eigenvalue weighted by atomic mass is 9.92. The molecule has 0 bridgehead atoms. The van der Waals surface area contributed by atoms with Crippen LogP contribution in [0.4, 0.5) is 5.95 Å². The third kappa shape index (κ3) is 4.77. The molecule has 1 fully saturated rings. The van der Waals surface area contributed by atoms with Crippen molar-refractivity contribution in [1.29, 1.82) is 0 Å². The standard InChI is InChI=1S/C15H23N5O2/c1-11(14(22)19-15-17-7-3-8-18-15)20-9-2-4-12(10-20)5-6-13(16)21/h3,7-8,11-12H,2,4-6,9-10H2,1H3,(H2,16,21)(H,17,18,19,22). The van der Waals surface area contributed by atoms with E-state index < -0.39 is 0 Å². The van der Waals surface area contributed by atoms with Crippen LogP contribution >= 0.6 is 0 Å². The molecule has 22 heavy (non-hydrogen) atoms. The lowest BCUT2D eigenvalue weighted by Gasteiger charge is -2.35. The highest BCUT2D eigenvalue weighted by atomic mass is 16.2. The number of nitrogens with one attached hydrogen (secondary N) is 1. The summed E-state index contributed by atoms with van der Waals surface area (Å²) < 4.78 is 0. The Labute approximate surface area is 130 Å². The Balaban J connectivity index is 1.86. The first-order valence-corrected chi connectivity index (χ1v) is 7.66. The smallest absolute Gasteiger partial charge is 0.243 e. The van der Waals surface area contributed by atoms with E-state index in [-0.39, 0.29) is 17.9 Å². The van der Waals surface area contributed by atoms with Gasteiger partial charge in [0, 0.05) is 25.4 Å². The van der Waals surface area contributed by atoms with Gasteiger partial charge in [-0.1, -0.05) is 0 Å². The minimum atomic E-state index is -0.260. The minimum Gasteiger partial charge on any atom is -0.370 e. The molecule has 120 valence electrons. The number of anilines is 1. The van der Waals surface area contributed by atoms with Gasteiger partial charge in [0.25, 0.3) is 0 Å². The molecule has 1 aromatic heterocycles. The van der Waals surface area contributed by atoms with Crippen LogP contribution in [0.5, 0.6) is 0 Å². The van der Waals surface area contributed by atoms with E-state index in [0.717, 1.165) is 32.4 Å². The van der Waals surface area contributed by atoms with Gasteiger partial charge in [0.2, 0.25) is 17.8 Å². The largest absolute Gasteiger partial charge is 0.370 e. The minimum absolute atomic E-state index is 0.109. The molecule has 2 heterocycles. The number of nitrogens with zero attached hydrogens (tertiary/aromatic N) is 3. The highest BCUT2D eigenvalue weighted by molar-refractivity contribution is 5.93. The first kappa shape index (κ1) is 16.4. The number of carbonyl (C=O) groups excluding carboxylic acids is 2. The summed E-state index contributed by atoms with van der Waals surface area (Å²) >= 11 is 0. The monoisotopic (exact) mass is 305 g/mol. The van der Waals surface area contributed by atoms with Crippen molar-refractivity contribution in [2.24, 2.45) is 11.7 Å². The fourth-order valence-electron chi connectivity index (χ4n) is 2.78. The summed E-state index contributed by atoms with van der Waals surface area (Å²) in [6.07, 6.45) is 6.50. The van der Waals surface area contributed by atoms with Crippen LogP contribution in [0, 0.1) is 5.92 Å². The van der Waals surface area contributed by atoms with Gasteiger partial charge in [-0.2, -0.15) is 0 Å². The number of piperidine rings is 1. The molecule has 1 aliphatic rings. The summed E-state index contributed by atoms with van der Waals surface area (Å²) in [5.74, 6) is 0.372. The molecule has 7 heteroatoms. The second-order valence-electron chi connectivity index (χ2n) is 5.75. The van der Waals surface area contributed by atoms with Gasteiger partial charge < -0.3 is 5.73 Å². The summed E-state index contributed by atoms with van der Waals surface area (Å²) in [5.41, 5.74) is 5.21. The van der Waals surface area contributed by atoms with E-state index in [1.165, 1.54) is 0 Å². The van der Waals surface area contributed by atoms with Crippen LogP contribution in [0.1, 0.15) is 32.6 Å². The molecule has 1 aromatic rings. The van der Waals surface area contributed by atoms with E-state index in [4.69, 9.17) is 5.73 Å². The van der Waals surface area contributed by atoms with Gasteiger partial charge >= 0.3 is 0 Å². The van der Waals surface area contributed by atoms with Gasteiger partial charge in [-0.3, -0.25) is 19.8 Å². The van der Waals surface area contributed by atoms with Crippen molar-refractivity contribution < 1.29 is 9.59 Å². The highest BCUT2D eigenvalue weighted by Gasteiger charge is 2.27. The number of likely N-dealkylation sites (tertiary alicyclic amines) is 1. The van der Waals surface area contributed by atoms with Crippen LogP contribution in [0.3, 0.4) is 0 Å². The molecule has 2 rings (SSSR count). The van der Waals surface area contributed by atoms with Crippen LogP contribution in [-0.4, -0.2) is 45.8 Å². The van der Waals surface area contributed by atoms with Gasteiger partial charge in [-0.05, 0) is 44.7 Å². The van der Waals surface area contributed by atoms with Gasteiger partial charge in [-0.15, -0.1) is 0 Å². The van der Waals surface area contributed by atoms with Crippen molar-refractivity contribution in [3.05, 3.63) is 18.5 Å². The average molecular weight is 305 g/mol. The Bertz CT molecular complexity index is 508. The molecule has 7 nitrogen and oxygen atoms in total. The van der Waals surface area contributed by atoms with Crippen molar-refractivity contribution in [3.63, 3.8) is 0 Å². The summed E-state index contributed by atoms with van der Waals surface area (Å²) in [6.45, 7) is 3.59. The Morgan fingerprint density at radius 1 is 1.45 bits per heavy atom. The van der Waals surface area contributed by atoms with Gasteiger partial charge in [0.05, 0.1) is 6.04 Å². The molecule has 0 saturated carbocycles. The fourth-order valence-corrected chi connectivity index (χ4v) is 2.78. The van der Waals surface area contributed by atoms with E-state index in [9.17, 15) is 9.59 Å². The normalized spacial score (nSPS) is 20.3.